The minimum Gasteiger partial charge on any atom is -0.300 e. The van der Waals surface area contributed by atoms with E-state index in [-0.39, 0.29) is 0 Å². The molecule has 0 aromatic heterocycles. The quantitative estimate of drug-likeness (QED) is 0.672. The third-order valence-corrected chi connectivity index (χ3v) is 4.00. The van der Waals surface area contributed by atoms with E-state index < -0.39 is 0 Å². The first-order chi connectivity index (χ1) is 6.49. The van der Waals surface area contributed by atoms with Crippen LogP contribution in [0.1, 0.15) is 40.0 Å². The van der Waals surface area contributed by atoms with Gasteiger partial charge in [0.15, 0.2) is 0 Å². The van der Waals surface area contributed by atoms with Gasteiger partial charge in [0.25, 0.3) is 0 Å². The fourth-order valence-corrected chi connectivity index (χ4v) is 2.49. The van der Waals surface area contributed by atoms with Crippen molar-refractivity contribution in [3.63, 3.8) is 0 Å². The molecule has 1 aliphatic heterocycles. The number of carbonyl (C=O) groups is 1. The lowest BCUT2D eigenvalue weighted by Gasteiger charge is -2.33. The van der Waals surface area contributed by atoms with Crippen LogP contribution in [0.4, 0.5) is 0 Å². The summed E-state index contributed by atoms with van der Waals surface area (Å²) in [5.74, 6) is 1.32. The van der Waals surface area contributed by atoms with Gasteiger partial charge in [-0.2, -0.15) is 0 Å². The minimum atomic E-state index is 0.448. The predicted octanol–water partition coefficient (Wildman–Crippen LogP) is 2.09. The Hall–Kier alpha value is -0.370. The number of piperidine rings is 1. The number of ketones is 1. The number of likely N-dealkylation sites (tertiary alicyclic amines) is 1. The Kier molecular flexibility index (Phi) is 2.42. The van der Waals surface area contributed by atoms with E-state index in [1.54, 1.807) is 0 Å². The highest BCUT2D eigenvalue weighted by Crippen LogP contribution is 2.52. The molecule has 0 aromatic carbocycles. The Morgan fingerprint density at radius 1 is 1.50 bits per heavy atom. The van der Waals surface area contributed by atoms with Crippen molar-refractivity contribution in [1.29, 1.82) is 0 Å². The fourth-order valence-electron chi connectivity index (χ4n) is 2.49. The summed E-state index contributed by atoms with van der Waals surface area (Å²) < 4.78 is 0. The van der Waals surface area contributed by atoms with Gasteiger partial charge in [-0.1, -0.05) is 13.8 Å². The van der Waals surface area contributed by atoms with Crippen LogP contribution in [0.2, 0.25) is 0 Å². The highest BCUT2D eigenvalue weighted by molar-refractivity contribution is 5.79. The predicted molar refractivity (Wildman–Crippen MR) is 57.2 cm³/mol. The third-order valence-electron chi connectivity index (χ3n) is 4.00. The summed E-state index contributed by atoms with van der Waals surface area (Å²) in [4.78, 5) is 13.7. The van der Waals surface area contributed by atoms with Gasteiger partial charge in [0.05, 0.1) is 0 Å². The molecule has 1 heterocycles. The lowest BCUT2D eigenvalue weighted by atomic mass is 10.0. The molecule has 1 saturated carbocycles. The molecule has 0 spiro atoms. The van der Waals surface area contributed by atoms with Crippen molar-refractivity contribution >= 4 is 5.78 Å². The summed E-state index contributed by atoms with van der Waals surface area (Å²) in [6, 6.07) is 0.479. The van der Waals surface area contributed by atoms with Crippen molar-refractivity contribution in [1.82, 2.24) is 4.90 Å². The molecule has 0 bridgehead atoms. The van der Waals surface area contributed by atoms with Crippen LogP contribution in [0.15, 0.2) is 0 Å². The number of carbonyl (C=O) groups excluding carboxylic acids is 1. The molecule has 2 aliphatic rings. The summed E-state index contributed by atoms with van der Waals surface area (Å²) in [5.41, 5.74) is 0.571. The van der Waals surface area contributed by atoms with Gasteiger partial charge in [-0.25, -0.2) is 0 Å². The molecule has 2 atom stereocenters. The summed E-state index contributed by atoms with van der Waals surface area (Å²) in [6.07, 6.45) is 2.91. The molecule has 2 fully saturated rings. The first-order valence-corrected chi connectivity index (χ1v) is 5.75. The first kappa shape index (κ1) is 10.2. The van der Waals surface area contributed by atoms with E-state index in [0.717, 1.165) is 25.3 Å². The molecule has 0 aromatic rings. The monoisotopic (exact) mass is 195 g/mol. The maximum Gasteiger partial charge on any atom is 0.135 e. The molecule has 14 heavy (non-hydrogen) atoms. The van der Waals surface area contributed by atoms with Crippen LogP contribution < -0.4 is 0 Å². The van der Waals surface area contributed by atoms with Crippen molar-refractivity contribution in [2.75, 3.05) is 13.1 Å². The molecular weight excluding hydrogens is 174 g/mol. The van der Waals surface area contributed by atoms with Crippen LogP contribution in [0.3, 0.4) is 0 Å². The molecule has 0 radical (unpaired) electrons. The Morgan fingerprint density at radius 2 is 2.14 bits per heavy atom. The molecule has 0 N–H and O–H groups in total. The highest BCUT2D eigenvalue weighted by atomic mass is 16.1. The molecule has 2 nitrogen and oxygen atoms in total. The zero-order chi connectivity index (χ0) is 10.3. The van der Waals surface area contributed by atoms with E-state index in [9.17, 15) is 4.79 Å². The lowest BCUT2D eigenvalue weighted by molar-refractivity contribution is -0.123. The van der Waals surface area contributed by atoms with Gasteiger partial charge in [-0.3, -0.25) is 9.69 Å². The first-order valence-electron chi connectivity index (χ1n) is 5.75. The van der Waals surface area contributed by atoms with Gasteiger partial charge in [-0.15, -0.1) is 0 Å². The molecule has 2 unspecified atom stereocenters. The topological polar surface area (TPSA) is 20.3 Å². The molecule has 80 valence electrons. The molecule has 1 aliphatic carbocycles. The zero-order valence-corrected chi connectivity index (χ0v) is 9.55. The van der Waals surface area contributed by atoms with E-state index >= 15 is 0 Å². The maximum absolute atomic E-state index is 11.2. The molecular formula is C12H21NO. The van der Waals surface area contributed by atoms with Crippen LogP contribution in [-0.4, -0.2) is 29.8 Å². The molecule has 1 saturated heterocycles. The molecule has 2 heteroatoms. The second kappa shape index (κ2) is 3.34. The van der Waals surface area contributed by atoms with Crippen LogP contribution in [0.25, 0.3) is 0 Å². The van der Waals surface area contributed by atoms with Gasteiger partial charge in [0.1, 0.15) is 5.78 Å². The fraction of sp³-hybridized carbons (Fsp3) is 0.917. The van der Waals surface area contributed by atoms with Crippen LogP contribution in [-0.2, 0) is 4.79 Å². The van der Waals surface area contributed by atoms with Crippen LogP contribution in [0.5, 0.6) is 0 Å². The number of hydrogen-bond acceptors (Lipinski definition) is 2. The number of hydrogen-bond donors (Lipinski definition) is 0. The summed E-state index contributed by atoms with van der Waals surface area (Å²) in [7, 11) is 0. The van der Waals surface area contributed by atoms with Gasteiger partial charge in [0.2, 0.25) is 0 Å². The van der Waals surface area contributed by atoms with E-state index in [1.807, 2.05) is 0 Å². The van der Waals surface area contributed by atoms with Gasteiger partial charge in [-0.05, 0) is 24.7 Å². The molecule has 2 rings (SSSR count). The lowest BCUT2D eigenvalue weighted by Crippen LogP contribution is -2.42. The van der Waals surface area contributed by atoms with Gasteiger partial charge < -0.3 is 0 Å². The van der Waals surface area contributed by atoms with Crippen LogP contribution >= 0.6 is 0 Å². The van der Waals surface area contributed by atoms with Crippen molar-refractivity contribution in [2.24, 2.45) is 11.3 Å². The van der Waals surface area contributed by atoms with E-state index in [1.165, 1.54) is 13.0 Å². The van der Waals surface area contributed by atoms with Crippen molar-refractivity contribution in [2.45, 2.75) is 46.1 Å². The summed E-state index contributed by atoms with van der Waals surface area (Å²) in [5, 5.41) is 0. The maximum atomic E-state index is 11.2. The van der Waals surface area contributed by atoms with Crippen molar-refractivity contribution < 1.29 is 4.79 Å². The zero-order valence-electron chi connectivity index (χ0n) is 9.55. The van der Waals surface area contributed by atoms with E-state index in [2.05, 4.69) is 25.7 Å². The minimum absolute atomic E-state index is 0.448. The number of Topliss-reactive ketones (excluding diaryl/α,β-unsaturated/α-hetero) is 1. The Morgan fingerprint density at radius 3 is 2.64 bits per heavy atom. The van der Waals surface area contributed by atoms with Gasteiger partial charge in [0, 0.05) is 32.0 Å². The van der Waals surface area contributed by atoms with Gasteiger partial charge >= 0.3 is 0 Å². The average molecular weight is 195 g/mol. The van der Waals surface area contributed by atoms with Crippen LogP contribution in [0, 0.1) is 11.3 Å². The van der Waals surface area contributed by atoms with E-state index in [0.29, 0.717) is 17.2 Å². The number of nitrogens with zero attached hydrogens (tertiary/aromatic N) is 1. The SMILES string of the molecule is CC1CC(=O)CCN1CC1CC1(C)C. The average Bonchev–Trinajstić information content (AvgIpc) is 2.65. The van der Waals surface area contributed by atoms with Crippen molar-refractivity contribution in [3.05, 3.63) is 0 Å². The molecule has 0 amide bonds. The normalized spacial score (nSPS) is 37.2. The second-order valence-electron chi connectivity index (χ2n) is 5.73. The third kappa shape index (κ3) is 2.00. The smallest absolute Gasteiger partial charge is 0.135 e. The largest absolute Gasteiger partial charge is 0.300 e. The summed E-state index contributed by atoms with van der Waals surface area (Å²) >= 11 is 0. The van der Waals surface area contributed by atoms with Crippen molar-refractivity contribution in [3.8, 4) is 0 Å². The highest BCUT2D eigenvalue weighted by Gasteiger charge is 2.46. The Bertz CT molecular complexity index is 247. The summed E-state index contributed by atoms with van der Waals surface area (Å²) in [6.45, 7) is 9.08. The Labute approximate surface area is 86.7 Å². The Balaban J connectivity index is 1.84. The second-order valence-corrected chi connectivity index (χ2v) is 5.73. The standard InChI is InChI=1S/C12H21NO/c1-9-6-11(14)4-5-13(9)8-10-7-12(10,2)3/h9-10H,4-8H2,1-3H3. The van der Waals surface area contributed by atoms with E-state index in [4.69, 9.17) is 0 Å². The number of rotatable bonds is 2.